The molecule has 0 amide bonds. The number of aromatic nitrogens is 5. The number of morpholine rings is 1. The molecule has 1 atom stereocenters. The summed E-state index contributed by atoms with van der Waals surface area (Å²) < 4.78 is 12.2. The summed E-state index contributed by atoms with van der Waals surface area (Å²) in [5, 5.41) is 20.1. The second kappa shape index (κ2) is 6.72. The minimum Gasteiger partial charge on any atom is -0.445 e. The van der Waals surface area contributed by atoms with Crippen LogP contribution in [0, 0.1) is 0 Å². The van der Waals surface area contributed by atoms with Crippen LogP contribution in [0.25, 0.3) is 11.5 Å². The molecule has 0 bridgehead atoms. The Labute approximate surface area is 159 Å². The average molecular weight is 383 g/mol. The van der Waals surface area contributed by atoms with Crippen LogP contribution in [0.4, 0.5) is 0 Å². The van der Waals surface area contributed by atoms with Crippen LogP contribution in [-0.4, -0.2) is 56.8 Å². The molecule has 5 rings (SSSR count). The van der Waals surface area contributed by atoms with Crippen LogP contribution in [0.2, 0.25) is 0 Å². The second-order valence-electron chi connectivity index (χ2n) is 6.10. The summed E-state index contributed by atoms with van der Waals surface area (Å²) in [5.41, 5.74) is 1.45. The SMILES string of the molecule is c1ccc(C2(N3CCOCC3)NC(c3nn[nH]n3)=C(c3cccs3)O2)nc1. The molecule has 2 aliphatic rings. The number of thiophene rings is 1. The number of rotatable bonds is 4. The molecule has 138 valence electrons. The van der Waals surface area contributed by atoms with Gasteiger partial charge in [0.25, 0.3) is 5.85 Å². The lowest BCUT2D eigenvalue weighted by molar-refractivity contribution is -0.149. The number of ether oxygens (including phenoxy) is 2. The summed E-state index contributed by atoms with van der Waals surface area (Å²) in [6, 6.07) is 9.79. The molecule has 27 heavy (non-hydrogen) atoms. The topological polar surface area (TPSA) is 101 Å². The number of nitrogens with zero attached hydrogens (tertiary/aromatic N) is 5. The van der Waals surface area contributed by atoms with Crippen molar-refractivity contribution < 1.29 is 9.47 Å². The van der Waals surface area contributed by atoms with E-state index in [-0.39, 0.29) is 0 Å². The van der Waals surface area contributed by atoms with Gasteiger partial charge < -0.3 is 14.8 Å². The Bertz CT molecular complexity index is 875. The predicted octanol–water partition coefficient (Wildman–Crippen LogP) is 1.24. The Morgan fingerprint density at radius 1 is 1.15 bits per heavy atom. The summed E-state index contributed by atoms with van der Waals surface area (Å²) in [5.74, 6) is 0.174. The zero-order valence-corrected chi connectivity index (χ0v) is 15.1. The van der Waals surface area contributed by atoms with Crippen molar-refractivity contribution in [2.24, 2.45) is 0 Å². The molecule has 1 unspecified atom stereocenters. The van der Waals surface area contributed by atoms with E-state index in [1.807, 2.05) is 35.7 Å². The molecule has 0 aliphatic carbocycles. The molecule has 3 aromatic heterocycles. The minimum atomic E-state index is -0.958. The van der Waals surface area contributed by atoms with Crippen LogP contribution in [0.1, 0.15) is 16.4 Å². The standard InChI is InChI=1S/C17H17N7O2S/c1-2-6-18-13(5-1)17(24-7-9-25-10-8-24)19-14(16-20-22-23-21-16)15(26-17)12-4-3-11-27-12/h1-6,11,19H,7-10H2,(H,20,21,22,23). The maximum atomic E-state index is 6.62. The first-order chi connectivity index (χ1) is 13.4. The maximum Gasteiger partial charge on any atom is 0.286 e. The van der Waals surface area contributed by atoms with Crippen LogP contribution >= 0.6 is 11.3 Å². The number of H-pyrrole nitrogens is 1. The highest BCUT2D eigenvalue weighted by Crippen LogP contribution is 2.43. The van der Waals surface area contributed by atoms with Crippen LogP contribution in [0.3, 0.4) is 0 Å². The van der Waals surface area contributed by atoms with Gasteiger partial charge in [0.1, 0.15) is 11.4 Å². The Kier molecular flexibility index (Phi) is 4.07. The third-order valence-electron chi connectivity index (χ3n) is 4.55. The van der Waals surface area contributed by atoms with Crippen molar-refractivity contribution in [2.75, 3.05) is 26.3 Å². The van der Waals surface area contributed by atoms with Crippen LogP contribution in [0.5, 0.6) is 0 Å². The van der Waals surface area contributed by atoms with Gasteiger partial charge in [0.05, 0.1) is 18.1 Å². The third-order valence-corrected chi connectivity index (χ3v) is 5.42. The molecular weight excluding hydrogens is 366 g/mol. The molecule has 0 spiro atoms. The fourth-order valence-electron chi connectivity index (χ4n) is 3.32. The Morgan fingerprint density at radius 3 is 2.78 bits per heavy atom. The molecule has 10 heteroatoms. The lowest BCUT2D eigenvalue weighted by Gasteiger charge is -2.41. The molecule has 2 N–H and O–H groups in total. The van der Waals surface area contributed by atoms with E-state index in [9.17, 15) is 0 Å². The van der Waals surface area contributed by atoms with E-state index in [0.717, 1.165) is 10.6 Å². The highest BCUT2D eigenvalue weighted by molar-refractivity contribution is 7.11. The summed E-state index contributed by atoms with van der Waals surface area (Å²) in [6.07, 6.45) is 1.76. The van der Waals surface area contributed by atoms with Crippen molar-refractivity contribution in [2.45, 2.75) is 5.85 Å². The smallest absolute Gasteiger partial charge is 0.286 e. The number of pyridine rings is 1. The number of hydrogen-bond acceptors (Lipinski definition) is 9. The molecule has 3 aromatic rings. The lowest BCUT2D eigenvalue weighted by atomic mass is 10.2. The van der Waals surface area contributed by atoms with Gasteiger partial charge in [-0.3, -0.25) is 4.98 Å². The fraction of sp³-hybridized carbons (Fsp3) is 0.294. The van der Waals surface area contributed by atoms with Gasteiger partial charge in [-0.25, -0.2) is 4.90 Å². The van der Waals surface area contributed by atoms with E-state index in [2.05, 4.69) is 35.8 Å². The summed E-state index contributed by atoms with van der Waals surface area (Å²) in [6.45, 7) is 2.68. The van der Waals surface area contributed by atoms with E-state index in [1.165, 1.54) is 0 Å². The highest BCUT2D eigenvalue weighted by atomic mass is 32.1. The maximum absolute atomic E-state index is 6.62. The lowest BCUT2D eigenvalue weighted by Crippen LogP contribution is -2.58. The van der Waals surface area contributed by atoms with Gasteiger partial charge in [0.2, 0.25) is 5.82 Å². The van der Waals surface area contributed by atoms with Crippen molar-refractivity contribution in [3.8, 4) is 0 Å². The van der Waals surface area contributed by atoms with E-state index in [4.69, 9.17) is 9.47 Å². The Hall–Kier alpha value is -2.82. The molecule has 5 heterocycles. The fourth-order valence-corrected chi connectivity index (χ4v) is 4.03. The van der Waals surface area contributed by atoms with Gasteiger partial charge >= 0.3 is 0 Å². The van der Waals surface area contributed by atoms with Crippen molar-refractivity contribution >= 4 is 22.8 Å². The minimum absolute atomic E-state index is 0.449. The normalized spacial score (nSPS) is 23.3. The second-order valence-corrected chi connectivity index (χ2v) is 7.05. The third kappa shape index (κ3) is 2.78. The molecule has 0 aromatic carbocycles. The van der Waals surface area contributed by atoms with Gasteiger partial charge in [-0.15, -0.1) is 21.5 Å². The van der Waals surface area contributed by atoms with Crippen molar-refractivity contribution in [3.63, 3.8) is 0 Å². The largest absolute Gasteiger partial charge is 0.445 e. The van der Waals surface area contributed by atoms with Crippen LogP contribution in [0.15, 0.2) is 41.9 Å². The van der Waals surface area contributed by atoms with E-state index < -0.39 is 5.85 Å². The van der Waals surface area contributed by atoms with Crippen LogP contribution < -0.4 is 5.32 Å². The first-order valence-corrected chi connectivity index (χ1v) is 9.48. The summed E-state index contributed by atoms with van der Waals surface area (Å²) in [4.78, 5) is 7.76. The summed E-state index contributed by atoms with van der Waals surface area (Å²) in [7, 11) is 0. The number of nitrogens with one attached hydrogen (secondary N) is 2. The van der Waals surface area contributed by atoms with Gasteiger partial charge in [-0.1, -0.05) is 12.1 Å². The molecule has 0 radical (unpaired) electrons. The van der Waals surface area contributed by atoms with E-state index in [0.29, 0.717) is 43.6 Å². The predicted molar refractivity (Wildman–Crippen MR) is 97.8 cm³/mol. The average Bonchev–Trinajstić information content (AvgIpc) is 3.49. The first-order valence-electron chi connectivity index (χ1n) is 8.60. The van der Waals surface area contributed by atoms with Crippen molar-refractivity contribution in [1.82, 2.24) is 35.8 Å². The summed E-state index contributed by atoms with van der Waals surface area (Å²) >= 11 is 1.59. The van der Waals surface area contributed by atoms with Gasteiger partial charge in [0.15, 0.2) is 5.76 Å². The molecule has 1 saturated heterocycles. The number of hydrogen-bond donors (Lipinski definition) is 2. The van der Waals surface area contributed by atoms with E-state index in [1.54, 1.807) is 17.5 Å². The van der Waals surface area contributed by atoms with Crippen molar-refractivity contribution in [3.05, 3.63) is 58.3 Å². The Morgan fingerprint density at radius 2 is 2.07 bits per heavy atom. The van der Waals surface area contributed by atoms with E-state index >= 15 is 0 Å². The number of aromatic amines is 1. The zero-order valence-electron chi connectivity index (χ0n) is 14.3. The first kappa shape index (κ1) is 16.4. The molecule has 2 aliphatic heterocycles. The zero-order chi connectivity index (χ0) is 18.1. The quantitative estimate of drug-likeness (QED) is 0.694. The highest BCUT2D eigenvalue weighted by Gasteiger charge is 2.50. The Balaban J connectivity index is 1.63. The van der Waals surface area contributed by atoms with Crippen LogP contribution in [-0.2, 0) is 15.3 Å². The van der Waals surface area contributed by atoms with Gasteiger partial charge in [-0.2, -0.15) is 5.21 Å². The molecular formula is C17H17N7O2S. The molecule has 0 saturated carbocycles. The van der Waals surface area contributed by atoms with Crippen molar-refractivity contribution in [1.29, 1.82) is 0 Å². The molecule has 9 nitrogen and oxygen atoms in total. The monoisotopic (exact) mass is 383 g/mol. The molecule has 1 fully saturated rings. The van der Waals surface area contributed by atoms with Gasteiger partial charge in [0, 0.05) is 19.3 Å². The number of tetrazole rings is 1. The van der Waals surface area contributed by atoms with Gasteiger partial charge in [-0.05, 0) is 28.8 Å².